The Morgan fingerprint density at radius 1 is 1.00 bits per heavy atom. The molecule has 0 spiro atoms. The lowest BCUT2D eigenvalue weighted by molar-refractivity contribution is 1.82. The molecule has 0 saturated carbocycles. The minimum absolute atomic E-state index is 1.12. The topological polar surface area (TPSA) is 0 Å². The smallest absolute Gasteiger partial charge is 0.0385 e. The van der Waals surface area contributed by atoms with Gasteiger partial charge in [-0.15, -0.1) is 0 Å². The third-order valence-electron chi connectivity index (χ3n) is 0.951. The zero-order chi connectivity index (χ0) is 6.53. The summed E-state index contributed by atoms with van der Waals surface area (Å²) >= 11 is 4.78. The Morgan fingerprint density at radius 2 is 1.56 bits per heavy atom. The monoisotopic (exact) mass is 154 g/mol. The lowest BCUT2D eigenvalue weighted by Crippen LogP contribution is -1.49. The van der Waals surface area contributed by atoms with E-state index in [1.54, 1.807) is 0 Å². The van der Waals surface area contributed by atoms with E-state index >= 15 is 0 Å². The molecule has 2 heteroatoms. The van der Waals surface area contributed by atoms with Gasteiger partial charge in [-0.25, -0.2) is 0 Å². The summed E-state index contributed by atoms with van der Waals surface area (Å²) in [6.07, 6.45) is 0. The van der Waals surface area contributed by atoms with Crippen LogP contribution in [0, 0.1) is 4.51 Å². The fraction of sp³-hybridized carbons (Fsp3) is 0. The van der Waals surface area contributed by atoms with Crippen LogP contribution in [0.1, 0.15) is 0 Å². The van der Waals surface area contributed by atoms with Crippen LogP contribution >= 0.6 is 0 Å². The first-order chi connectivity index (χ1) is 4.43. The molecule has 0 aliphatic rings. The van der Waals surface area contributed by atoms with E-state index in [2.05, 4.69) is 0 Å². The second kappa shape index (κ2) is 3.54. The van der Waals surface area contributed by atoms with Gasteiger partial charge >= 0.3 is 0 Å². The first kappa shape index (κ1) is 6.65. The Morgan fingerprint density at radius 3 is 2.00 bits per heavy atom. The minimum Gasteiger partial charge on any atom is -0.0691 e. The van der Waals surface area contributed by atoms with Gasteiger partial charge in [0, 0.05) is 4.51 Å². The van der Waals surface area contributed by atoms with Gasteiger partial charge in [0.05, 0.1) is 0 Å². The molecular formula is C7H6S2. The molecule has 0 aliphatic heterocycles. The molecule has 0 atom stereocenters. The van der Waals surface area contributed by atoms with Crippen molar-refractivity contribution in [3.05, 3.63) is 40.9 Å². The van der Waals surface area contributed by atoms with Crippen molar-refractivity contribution < 1.29 is 0 Å². The average Bonchev–Trinajstić information content (AvgIpc) is 2.13. The van der Waals surface area contributed by atoms with Crippen LogP contribution in [0.25, 0.3) is 0 Å². The lowest BCUT2D eigenvalue weighted by Gasteiger charge is -1.62. The minimum atomic E-state index is 1.12. The van der Waals surface area contributed by atoms with Crippen molar-refractivity contribution in [1.82, 2.24) is 0 Å². The predicted octanol–water partition coefficient (Wildman–Crippen LogP) is 1.76. The lowest BCUT2D eigenvalue weighted by atomic mass is 10.5. The fourth-order valence-electron chi connectivity index (χ4n) is 0.540. The van der Waals surface area contributed by atoms with E-state index in [-0.39, 0.29) is 0 Å². The van der Waals surface area contributed by atoms with Gasteiger partial charge in [0.1, 0.15) is 0 Å². The fourth-order valence-corrected chi connectivity index (χ4v) is 1.14. The maximum absolute atomic E-state index is 4.78. The van der Waals surface area contributed by atoms with Crippen LogP contribution < -0.4 is 0 Å². The molecule has 0 nitrogen and oxygen atoms in total. The summed E-state index contributed by atoms with van der Waals surface area (Å²) in [6, 6.07) is 11.9. The van der Waals surface area contributed by atoms with Crippen LogP contribution in [0.2, 0.25) is 0 Å². The van der Waals surface area contributed by atoms with E-state index in [9.17, 15) is 0 Å². The first-order valence-corrected chi connectivity index (χ1v) is 4.36. The highest BCUT2D eigenvalue weighted by molar-refractivity contribution is 8.13. The zero-order valence-corrected chi connectivity index (χ0v) is 6.41. The van der Waals surface area contributed by atoms with Gasteiger partial charge in [0.2, 0.25) is 0 Å². The maximum atomic E-state index is 4.78. The molecule has 9 heavy (non-hydrogen) atoms. The van der Waals surface area contributed by atoms with Gasteiger partial charge in [0.15, 0.2) is 0 Å². The van der Waals surface area contributed by atoms with Gasteiger partial charge < -0.3 is 0 Å². The molecule has 0 aromatic heterocycles. The van der Waals surface area contributed by atoms with Crippen LogP contribution in [0.15, 0.2) is 36.4 Å². The number of hydrogen-bond donors (Lipinski definition) is 0. The van der Waals surface area contributed by atoms with Crippen molar-refractivity contribution in [1.29, 1.82) is 0 Å². The van der Waals surface area contributed by atoms with Crippen LogP contribution in [0.5, 0.6) is 0 Å². The molecule has 0 amide bonds. The highest BCUT2D eigenvalue weighted by Gasteiger charge is 1.67. The number of hydrogen-bond acceptors (Lipinski definition) is 1. The Balaban J connectivity index is 3.46. The molecular weight excluding hydrogens is 148 g/mol. The Hall–Kier alpha value is -0.470. The van der Waals surface area contributed by atoms with Crippen molar-refractivity contribution in [2.24, 2.45) is 0 Å². The van der Waals surface area contributed by atoms with Crippen molar-refractivity contribution in [3.8, 4) is 0 Å². The summed E-state index contributed by atoms with van der Waals surface area (Å²) in [6.45, 7) is 0. The van der Waals surface area contributed by atoms with Crippen LogP contribution in [0.4, 0.5) is 0 Å². The highest BCUT2D eigenvalue weighted by Crippen LogP contribution is 1.84. The molecule has 0 saturated heterocycles. The largest absolute Gasteiger partial charge is 0.0691 e. The molecule has 0 fully saturated rings. The van der Waals surface area contributed by atoms with Crippen molar-refractivity contribution in [3.63, 3.8) is 0 Å². The quantitative estimate of drug-likeness (QED) is 0.513. The second-order valence-electron chi connectivity index (χ2n) is 1.59. The molecule has 0 aliphatic carbocycles. The maximum Gasteiger partial charge on any atom is 0.0385 e. The Bertz CT molecular complexity index is 252. The first-order valence-electron chi connectivity index (χ1n) is 2.61. The van der Waals surface area contributed by atoms with Gasteiger partial charge in [0.25, 0.3) is 0 Å². The molecule has 0 N–H and O–H groups in total. The standard InChI is InChI=1S/C7H6S2/c8-9-7-5-3-1-2-4-6-7/h1-6H. The van der Waals surface area contributed by atoms with E-state index < -0.39 is 0 Å². The summed E-state index contributed by atoms with van der Waals surface area (Å²) in [5, 5.41) is 0. The average molecular weight is 154 g/mol. The molecule has 1 aromatic rings. The van der Waals surface area contributed by atoms with Gasteiger partial charge in [-0.3, -0.25) is 0 Å². The van der Waals surface area contributed by atoms with Gasteiger partial charge in [-0.2, -0.15) is 0 Å². The van der Waals surface area contributed by atoms with Crippen LogP contribution in [-0.2, 0) is 21.1 Å². The molecule has 0 radical (unpaired) electrons. The van der Waals surface area contributed by atoms with E-state index in [1.165, 1.54) is 9.91 Å². The van der Waals surface area contributed by atoms with E-state index in [0.717, 1.165) is 4.51 Å². The Kier molecular flexibility index (Phi) is 2.61. The van der Waals surface area contributed by atoms with Crippen LogP contribution in [-0.4, -0.2) is 0 Å². The zero-order valence-electron chi connectivity index (χ0n) is 4.78. The van der Waals surface area contributed by atoms with Crippen molar-refractivity contribution >= 4 is 21.1 Å². The summed E-state index contributed by atoms with van der Waals surface area (Å²) in [7, 11) is 1.35. The van der Waals surface area contributed by atoms with Gasteiger partial charge in [-0.05, 0) is 23.3 Å². The van der Waals surface area contributed by atoms with E-state index in [1.807, 2.05) is 36.4 Å². The molecule has 0 heterocycles. The molecule has 46 valence electrons. The number of rotatable bonds is 0. The Labute approximate surface area is 62.4 Å². The second-order valence-corrected chi connectivity index (χ2v) is 2.73. The molecule has 0 bridgehead atoms. The summed E-state index contributed by atoms with van der Waals surface area (Å²) in [5.74, 6) is 0. The molecule has 1 aromatic carbocycles. The van der Waals surface area contributed by atoms with E-state index in [0.29, 0.717) is 0 Å². The predicted molar refractivity (Wildman–Crippen MR) is 44.4 cm³/mol. The normalized spacial score (nSPS) is 8.44. The highest BCUT2D eigenvalue weighted by atomic mass is 32.8. The van der Waals surface area contributed by atoms with Crippen molar-refractivity contribution in [2.75, 3.05) is 0 Å². The summed E-state index contributed by atoms with van der Waals surface area (Å²) < 4.78 is 1.12. The van der Waals surface area contributed by atoms with Crippen LogP contribution in [0.3, 0.4) is 0 Å². The van der Waals surface area contributed by atoms with E-state index in [4.69, 9.17) is 11.2 Å². The SMILES string of the molecule is S=S=c1cccccc1. The molecule has 1 rings (SSSR count). The third-order valence-corrected chi connectivity index (χ3v) is 1.99. The van der Waals surface area contributed by atoms with Gasteiger partial charge in [-0.1, -0.05) is 34.2 Å². The third kappa shape index (κ3) is 2.08. The van der Waals surface area contributed by atoms with Crippen molar-refractivity contribution in [2.45, 2.75) is 0 Å². The summed E-state index contributed by atoms with van der Waals surface area (Å²) in [5.41, 5.74) is 0. The summed E-state index contributed by atoms with van der Waals surface area (Å²) in [4.78, 5) is 0. The molecule has 0 unspecified atom stereocenters.